The van der Waals surface area contributed by atoms with E-state index in [0.29, 0.717) is 0 Å². The maximum Gasteiger partial charge on any atom is 0.311 e. The number of carboxylic acid groups (broad SMARTS) is 1. The van der Waals surface area contributed by atoms with Crippen molar-refractivity contribution in [2.75, 3.05) is 13.6 Å². The van der Waals surface area contributed by atoms with E-state index in [1.807, 2.05) is 0 Å². The number of likely N-dealkylation sites (N-methyl/N-ethyl adjacent to an activating group) is 1. The van der Waals surface area contributed by atoms with Gasteiger partial charge in [0.05, 0.1) is 17.5 Å². The second-order valence-electron chi connectivity index (χ2n) is 5.48. The number of aliphatic carboxylic acids is 1. The van der Waals surface area contributed by atoms with Crippen LogP contribution in [0.3, 0.4) is 0 Å². The molecule has 0 unspecified atom stereocenters. The molecule has 0 rings (SSSR count). The lowest BCUT2D eigenvalue weighted by molar-refractivity contribution is -0.152. The van der Waals surface area contributed by atoms with Crippen molar-refractivity contribution < 1.29 is 19.5 Å². The van der Waals surface area contributed by atoms with Crippen molar-refractivity contribution in [1.29, 1.82) is 0 Å². The first-order valence-electron chi connectivity index (χ1n) is 5.68. The third-order valence-electron chi connectivity index (χ3n) is 3.47. The van der Waals surface area contributed by atoms with Crippen LogP contribution in [0.1, 0.15) is 34.6 Å². The van der Waals surface area contributed by atoms with Gasteiger partial charge in [0, 0.05) is 14.0 Å². The molecule has 0 heterocycles. The van der Waals surface area contributed by atoms with Crippen molar-refractivity contribution >= 4 is 17.8 Å². The molecule has 0 radical (unpaired) electrons. The molecule has 6 heteroatoms. The zero-order chi connectivity index (χ0) is 14.7. The van der Waals surface area contributed by atoms with Gasteiger partial charge < -0.3 is 15.3 Å². The van der Waals surface area contributed by atoms with Crippen molar-refractivity contribution in [2.45, 2.75) is 40.2 Å². The van der Waals surface area contributed by atoms with Crippen LogP contribution >= 0.6 is 0 Å². The highest BCUT2D eigenvalue weighted by Crippen LogP contribution is 2.30. The Morgan fingerprint density at radius 1 is 1.17 bits per heavy atom. The quantitative estimate of drug-likeness (QED) is 0.750. The molecular formula is C12H22N2O4. The molecule has 0 aromatic rings. The molecule has 104 valence electrons. The van der Waals surface area contributed by atoms with E-state index in [-0.39, 0.29) is 18.4 Å². The lowest BCUT2D eigenvalue weighted by atomic mass is 9.74. The first-order valence-corrected chi connectivity index (χ1v) is 5.68. The highest BCUT2D eigenvalue weighted by Gasteiger charge is 2.44. The molecule has 0 fully saturated rings. The van der Waals surface area contributed by atoms with Crippen molar-refractivity contribution in [3.8, 4) is 0 Å². The van der Waals surface area contributed by atoms with E-state index in [1.165, 1.54) is 18.9 Å². The Labute approximate surface area is 107 Å². The summed E-state index contributed by atoms with van der Waals surface area (Å²) < 4.78 is 0. The van der Waals surface area contributed by atoms with E-state index in [2.05, 4.69) is 5.32 Å². The van der Waals surface area contributed by atoms with Gasteiger partial charge in [-0.15, -0.1) is 0 Å². The molecule has 2 amide bonds. The molecule has 0 saturated carbocycles. The molecule has 0 atom stereocenters. The van der Waals surface area contributed by atoms with Crippen LogP contribution in [-0.4, -0.2) is 46.9 Å². The molecular weight excluding hydrogens is 236 g/mol. The minimum atomic E-state index is -1.11. The van der Waals surface area contributed by atoms with Crippen molar-refractivity contribution in [3.05, 3.63) is 0 Å². The summed E-state index contributed by atoms with van der Waals surface area (Å²) in [7, 11) is 1.51. The van der Waals surface area contributed by atoms with Crippen LogP contribution in [0.25, 0.3) is 0 Å². The van der Waals surface area contributed by atoms with E-state index < -0.39 is 16.9 Å². The van der Waals surface area contributed by atoms with Crippen molar-refractivity contribution in [2.24, 2.45) is 5.41 Å². The summed E-state index contributed by atoms with van der Waals surface area (Å²) in [5, 5.41) is 11.8. The van der Waals surface area contributed by atoms with Gasteiger partial charge in [-0.3, -0.25) is 14.4 Å². The Morgan fingerprint density at radius 3 is 1.94 bits per heavy atom. The minimum absolute atomic E-state index is 0.0888. The summed E-state index contributed by atoms with van der Waals surface area (Å²) in [5.74, 6) is -1.60. The largest absolute Gasteiger partial charge is 0.481 e. The third-order valence-corrected chi connectivity index (χ3v) is 3.47. The number of carbonyl (C=O) groups is 3. The number of nitrogens with zero attached hydrogens (tertiary/aromatic N) is 1. The summed E-state index contributed by atoms with van der Waals surface area (Å²) in [6.07, 6.45) is 0. The third kappa shape index (κ3) is 3.72. The number of hydrogen-bond donors (Lipinski definition) is 2. The first-order chi connectivity index (χ1) is 7.91. The Bertz CT molecular complexity index is 361. The lowest BCUT2D eigenvalue weighted by Crippen LogP contribution is -2.58. The van der Waals surface area contributed by atoms with Gasteiger partial charge in [0.1, 0.15) is 0 Å². The summed E-state index contributed by atoms with van der Waals surface area (Å²) in [4.78, 5) is 35.2. The van der Waals surface area contributed by atoms with Crippen LogP contribution in [0, 0.1) is 5.41 Å². The number of nitrogens with one attached hydrogen (secondary N) is 1. The summed E-state index contributed by atoms with van der Waals surface area (Å²) >= 11 is 0. The van der Waals surface area contributed by atoms with Gasteiger partial charge in [0.2, 0.25) is 11.8 Å². The zero-order valence-electron chi connectivity index (χ0n) is 11.8. The van der Waals surface area contributed by atoms with Gasteiger partial charge in [-0.2, -0.15) is 0 Å². The van der Waals surface area contributed by atoms with Crippen molar-refractivity contribution in [1.82, 2.24) is 10.2 Å². The maximum absolute atomic E-state index is 11.7. The van der Waals surface area contributed by atoms with Crippen LogP contribution in [0.2, 0.25) is 0 Å². The number of hydrogen-bond acceptors (Lipinski definition) is 3. The van der Waals surface area contributed by atoms with E-state index in [9.17, 15) is 14.4 Å². The number of carbonyl (C=O) groups excluding carboxylic acids is 2. The monoisotopic (exact) mass is 258 g/mol. The normalized spacial score (nSPS) is 11.9. The summed E-state index contributed by atoms with van der Waals surface area (Å²) in [6, 6.07) is 0. The second-order valence-corrected chi connectivity index (χ2v) is 5.48. The van der Waals surface area contributed by atoms with Gasteiger partial charge in [-0.05, 0) is 27.7 Å². The lowest BCUT2D eigenvalue weighted by Gasteiger charge is -2.39. The van der Waals surface area contributed by atoms with E-state index in [4.69, 9.17) is 5.11 Å². The molecule has 0 bridgehead atoms. The molecule has 0 aromatic carbocycles. The molecule has 0 aliphatic carbocycles. The Morgan fingerprint density at radius 2 is 1.61 bits per heavy atom. The standard InChI is InChI=1S/C12H22N2O4/c1-8(15)14(6)7-9(16)13-12(4,5)11(2,3)10(17)18/h7H2,1-6H3,(H,13,16)(H,17,18). The van der Waals surface area contributed by atoms with Crippen LogP contribution in [-0.2, 0) is 14.4 Å². The van der Waals surface area contributed by atoms with Gasteiger partial charge in [0.15, 0.2) is 0 Å². The topological polar surface area (TPSA) is 86.7 Å². The minimum Gasteiger partial charge on any atom is -0.481 e. The van der Waals surface area contributed by atoms with E-state index in [1.54, 1.807) is 27.7 Å². The number of amides is 2. The Kier molecular flexibility index (Phi) is 4.90. The molecule has 0 aromatic heterocycles. The average Bonchev–Trinajstić information content (AvgIpc) is 2.15. The molecule has 6 nitrogen and oxygen atoms in total. The first kappa shape index (κ1) is 16.4. The Hall–Kier alpha value is -1.59. The molecule has 0 saturated heterocycles. The summed E-state index contributed by atoms with van der Waals surface area (Å²) in [5.41, 5.74) is -2.04. The summed E-state index contributed by atoms with van der Waals surface area (Å²) in [6.45, 7) is 7.66. The predicted molar refractivity (Wildman–Crippen MR) is 66.9 cm³/mol. The van der Waals surface area contributed by atoms with Crippen molar-refractivity contribution in [3.63, 3.8) is 0 Å². The van der Waals surface area contributed by atoms with Gasteiger partial charge in [0.25, 0.3) is 0 Å². The zero-order valence-corrected chi connectivity index (χ0v) is 11.8. The van der Waals surface area contributed by atoms with E-state index in [0.717, 1.165) is 0 Å². The predicted octanol–water partition coefficient (Wildman–Crippen LogP) is 0.470. The molecule has 2 N–H and O–H groups in total. The Balaban J connectivity index is 4.74. The SMILES string of the molecule is CC(=O)N(C)CC(=O)NC(C)(C)C(C)(C)C(=O)O. The fourth-order valence-electron chi connectivity index (χ4n) is 1.14. The van der Waals surface area contributed by atoms with Gasteiger partial charge in [-0.25, -0.2) is 0 Å². The van der Waals surface area contributed by atoms with Crippen LogP contribution < -0.4 is 5.32 Å². The molecule has 0 aliphatic heterocycles. The maximum atomic E-state index is 11.7. The fraction of sp³-hybridized carbons (Fsp3) is 0.750. The van der Waals surface area contributed by atoms with Crippen LogP contribution in [0.5, 0.6) is 0 Å². The highest BCUT2D eigenvalue weighted by molar-refractivity contribution is 5.85. The smallest absolute Gasteiger partial charge is 0.311 e. The van der Waals surface area contributed by atoms with Gasteiger partial charge >= 0.3 is 5.97 Å². The second kappa shape index (κ2) is 5.37. The average molecular weight is 258 g/mol. The fourth-order valence-corrected chi connectivity index (χ4v) is 1.14. The molecule has 0 aliphatic rings. The number of carboxylic acids is 1. The van der Waals surface area contributed by atoms with E-state index >= 15 is 0 Å². The highest BCUT2D eigenvalue weighted by atomic mass is 16.4. The number of rotatable bonds is 5. The van der Waals surface area contributed by atoms with Crippen LogP contribution in [0.15, 0.2) is 0 Å². The molecule has 0 spiro atoms. The molecule has 18 heavy (non-hydrogen) atoms. The van der Waals surface area contributed by atoms with Crippen LogP contribution in [0.4, 0.5) is 0 Å². The van der Waals surface area contributed by atoms with Gasteiger partial charge in [-0.1, -0.05) is 0 Å².